The van der Waals surface area contributed by atoms with Crippen molar-refractivity contribution < 1.29 is 9.90 Å². The van der Waals surface area contributed by atoms with Crippen LogP contribution in [0.3, 0.4) is 0 Å². The van der Waals surface area contributed by atoms with Crippen molar-refractivity contribution in [3.05, 3.63) is 71.3 Å². The molecule has 7 nitrogen and oxygen atoms in total. The maximum Gasteiger partial charge on any atom is 0.270 e. The first kappa shape index (κ1) is 25.3. The SMILES string of the molecule is CSc1ccc(-c2cnc(-c3cccn4c(C(=O)NC(CO)CC(C)C)c(-c5ccsc5)nc34)[nH]2)cc1. The highest BCUT2D eigenvalue weighted by atomic mass is 32.2. The Kier molecular flexibility index (Phi) is 7.45. The van der Waals surface area contributed by atoms with Crippen LogP contribution in [-0.2, 0) is 0 Å². The van der Waals surface area contributed by atoms with E-state index < -0.39 is 0 Å². The van der Waals surface area contributed by atoms with E-state index in [1.807, 2.05) is 45.8 Å². The largest absolute Gasteiger partial charge is 0.394 e. The zero-order valence-corrected chi connectivity index (χ0v) is 22.6. The fraction of sp³-hybridized carbons (Fsp3) is 0.250. The summed E-state index contributed by atoms with van der Waals surface area (Å²) in [6.07, 6.45) is 6.41. The van der Waals surface area contributed by atoms with Crippen molar-refractivity contribution in [2.45, 2.75) is 31.2 Å². The first-order valence-electron chi connectivity index (χ1n) is 12.1. The Balaban J connectivity index is 1.58. The summed E-state index contributed by atoms with van der Waals surface area (Å²) in [5, 5.41) is 16.8. The number of pyridine rings is 1. The second kappa shape index (κ2) is 10.9. The first-order valence-corrected chi connectivity index (χ1v) is 14.3. The summed E-state index contributed by atoms with van der Waals surface area (Å²) in [6.45, 7) is 4.02. The molecule has 0 saturated carbocycles. The number of benzene rings is 1. The normalized spacial score (nSPS) is 12.4. The van der Waals surface area contributed by atoms with Gasteiger partial charge in [-0.1, -0.05) is 26.0 Å². The molecule has 0 aliphatic heterocycles. The van der Waals surface area contributed by atoms with Crippen molar-refractivity contribution in [2.75, 3.05) is 12.9 Å². The topological polar surface area (TPSA) is 95.3 Å². The molecule has 5 rings (SSSR count). The second-order valence-corrected chi connectivity index (χ2v) is 11.0. The molecule has 190 valence electrons. The Morgan fingerprint density at radius 2 is 2.00 bits per heavy atom. The summed E-state index contributed by atoms with van der Waals surface area (Å²) in [7, 11) is 0. The molecule has 0 aliphatic rings. The third kappa shape index (κ3) is 5.20. The molecular weight excluding hydrogens is 502 g/mol. The zero-order valence-electron chi connectivity index (χ0n) is 20.9. The van der Waals surface area contributed by atoms with Gasteiger partial charge in [0.1, 0.15) is 22.9 Å². The molecule has 4 aromatic heterocycles. The number of aromatic amines is 1. The Labute approximate surface area is 224 Å². The number of rotatable bonds is 9. The molecule has 1 amide bonds. The van der Waals surface area contributed by atoms with E-state index in [0.29, 0.717) is 35.2 Å². The highest BCUT2D eigenvalue weighted by Crippen LogP contribution is 2.32. The molecular formula is C28H29N5O2S2. The van der Waals surface area contributed by atoms with E-state index in [2.05, 4.69) is 59.7 Å². The number of amides is 1. The summed E-state index contributed by atoms with van der Waals surface area (Å²) >= 11 is 3.26. The number of aliphatic hydroxyl groups is 1. The van der Waals surface area contributed by atoms with Crippen molar-refractivity contribution in [3.63, 3.8) is 0 Å². The Hall–Kier alpha value is -3.40. The molecule has 0 spiro atoms. The van der Waals surface area contributed by atoms with Gasteiger partial charge in [-0.3, -0.25) is 9.20 Å². The van der Waals surface area contributed by atoms with Gasteiger partial charge in [-0.05, 0) is 59.9 Å². The summed E-state index contributed by atoms with van der Waals surface area (Å²) < 4.78 is 1.82. The zero-order chi connectivity index (χ0) is 25.9. The van der Waals surface area contributed by atoms with Crippen molar-refractivity contribution in [3.8, 4) is 33.9 Å². The van der Waals surface area contributed by atoms with Crippen LogP contribution in [0.25, 0.3) is 39.5 Å². The molecule has 5 aromatic rings. The number of nitrogens with zero attached hydrogens (tertiary/aromatic N) is 3. The molecule has 4 heterocycles. The van der Waals surface area contributed by atoms with Crippen LogP contribution in [0.2, 0.25) is 0 Å². The van der Waals surface area contributed by atoms with Gasteiger partial charge in [0.05, 0.1) is 30.1 Å². The first-order chi connectivity index (χ1) is 18.0. The number of aliphatic hydroxyl groups excluding tert-OH is 1. The number of hydrogen-bond acceptors (Lipinski definition) is 6. The number of thiophene rings is 1. The summed E-state index contributed by atoms with van der Waals surface area (Å²) in [5.41, 5.74) is 5.31. The highest BCUT2D eigenvalue weighted by Gasteiger charge is 2.25. The predicted molar refractivity (Wildman–Crippen MR) is 151 cm³/mol. The average Bonchev–Trinajstić information content (AvgIpc) is 3.67. The molecule has 0 saturated heterocycles. The van der Waals surface area contributed by atoms with Gasteiger partial charge in [0.2, 0.25) is 0 Å². The summed E-state index contributed by atoms with van der Waals surface area (Å²) in [5.74, 6) is 0.753. The molecule has 9 heteroatoms. The summed E-state index contributed by atoms with van der Waals surface area (Å²) in [6, 6.07) is 13.8. The van der Waals surface area contributed by atoms with Crippen LogP contribution in [0.4, 0.5) is 0 Å². The molecule has 3 N–H and O–H groups in total. The number of aromatic nitrogens is 4. The number of fused-ring (bicyclic) bond motifs is 1. The Bertz CT molecular complexity index is 1500. The monoisotopic (exact) mass is 531 g/mol. The lowest BCUT2D eigenvalue weighted by Gasteiger charge is -2.18. The van der Waals surface area contributed by atoms with Crippen LogP contribution in [0, 0.1) is 5.92 Å². The van der Waals surface area contributed by atoms with E-state index in [0.717, 1.165) is 22.4 Å². The minimum Gasteiger partial charge on any atom is -0.394 e. The van der Waals surface area contributed by atoms with E-state index in [-0.39, 0.29) is 18.6 Å². The number of carbonyl (C=O) groups is 1. The van der Waals surface area contributed by atoms with Crippen molar-refractivity contribution in [1.82, 2.24) is 24.7 Å². The number of H-pyrrole nitrogens is 1. The van der Waals surface area contributed by atoms with Crippen LogP contribution >= 0.6 is 23.1 Å². The maximum atomic E-state index is 13.6. The Morgan fingerprint density at radius 1 is 1.19 bits per heavy atom. The average molecular weight is 532 g/mol. The van der Waals surface area contributed by atoms with Crippen LogP contribution in [-0.4, -0.2) is 49.3 Å². The molecule has 1 unspecified atom stereocenters. The van der Waals surface area contributed by atoms with Gasteiger partial charge < -0.3 is 15.4 Å². The molecule has 0 aliphatic carbocycles. The lowest BCUT2D eigenvalue weighted by Crippen LogP contribution is -2.39. The highest BCUT2D eigenvalue weighted by molar-refractivity contribution is 7.98. The third-order valence-electron chi connectivity index (χ3n) is 6.20. The van der Waals surface area contributed by atoms with Crippen molar-refractivity contribution in [2.24, 2.45) is 5.92 Å². The quantitative estimate of drug-likeness (QED) is 0.203. The van der Waals surface area contributed by atoms with Crippen LogP contribution in [0.1, 0.15) is 30.8 Å². The third-order valence-corrected chi connectivity index (χ3v) is 7.63. The van der Waals surface area contributed by atoms with Gasteiger partial charge in [0.15, 0.2) is 0 Å². The summed E-state index contributed by atoms with van der Waals surface area (Å²) in [4.78, 5) is 27.8. The van der Waals surface area contributed by atoms with Gasteiger partial charge in [0, 0.05) is 22.0 Å². The van der Waals surface area contributed by atoms with Gasteiger partial charge in [0.25, 0.3) is 5.91 Å². The fourth-order valence-electron chi connectivity index (χ4n) is 4.45. The Morgan fingerprint density at radius 3 is 2.68 bits per heavy atom. The van der Waals surface area contributed by atoms with Crippen molar-refractivity contribution >= 4 is 34.7 Å². The number of hydrogen-bond donors (Lipinski definition) is 3. The molecule has 1 atom stereocenters. The van der Waals surface area contributed by atoms with Gasteiger partial charge >= 0.3 is 0 Å². The second-order valence-electron chi connectivity index (χ2n) is 9.29. The van der Waals surface area contributed by atoms with Crippen LogP contribution < -0.4 is 5.32 Å². The fourth-order valence-corrected chi connectivity index (χ4v) is 5.50. The van der Waals surface area contributed by atoms with E-state index >= 15 is 0 Å². The van der Waals surface area contributed by atoms with E-state index in [9.17, 15) is 9.90 Å². The smallest absolute Gasteiger partial charge is 0.270 e. The number of imidazole rings is 2. The number of thioether (sulfide) groups is 1. The molecule has 0 bridgehead atoms. The van der Waals surface area contributed by atoms with Gasteiger partial charge in [-0.25, -0.2) is 9.97 Å². The lowest BCUT2D eigenvalue weighted by molar-refractivity contribution is 0.0903. The minimum absolute atomic E-state index is 0.118. The van der Waals surface area contributed by atoms with Crippen LogP contribution in [0.5, 0.6) is 0 Å². The predicted octanol–water partition coefficient (Wildman–Crippen LogP) is 5.98. The minimum atomic E-state index is -0.332. The van der Waals surface area contributed by atoms with E-state index in [1.165, 1.54) is 4.90 Å². The molecule has 37 heavy (non-hydrogen) atoms. The molecule has 0 radical (unpaired) electrons. The standard InChI is InChI=1S/C28H29N5O2S2/c1-17(2)13-20(15-34)30-28(35)25-24(19-10-12-37-16-19)32-27-22(5-4-11-33(25)27)26-29-14-23(31-26)18-6-8-21(36-3)9-7-18/h4-12,14,16-17,20,34H,13,15H2,1-3H3,(H,29,31)(H,30,35). The van der Waals surface area contributed by atoms with E-state index in [1.54, 1.807) is 23.1 Å². The number of carbonyl (C=O) groups excluding carboxylic acids is 1. The van der Waals surface area contributed by atoms with Gasteiger partial charge in [-0.2, -0.15) is 11.3 Å². The van der Waals surface area contributed by atoms with E-state index in [4.69, 9.17) is 4.98 Å². The van der Waals surface area contributed by atoms with Crippen molar-refractivity contribution in [1.29, 1.82) is 0 Å². The van der Waals surface area contributed by atoms with Crippen LogP contribution in [0.15, 0.2) is 70.5 Å². The van der Waals surface area contributed by atoms with Gasteiger partial charge in [-0.15, -0.1) is 11.8 Å². The molecule has 1 aromatic carbocycles. The maximum absolute atomic E-state index is 13.6. The molecule has 0 fully saturated rings. The number of nitrogens with one attached hydrogen (secondary N) is 2. The lowest BCUT2D eigenvalue weighted by atomic mass is 10.0.